The summed E-state index contributed by atoms with van der Waals surface area (Å²) in [6, 6.07) is 12.6. The van der Waals surface area contributed by atoms with E-state index in [-0.39, 0.29) is 12.0 Å². The lowest BCUT2D eigenvalue weighted by atomic mass is 9.76. The third kappa shape index (κ3) is 3.44. The molecule has 0 amide bonds. The molecule has 0 radical (unpaired) electrons. The number of hydrogen-bond donors (Lipinski definition) is 2. The largest absolute Gasteiger partial charge is 0.396 e. The van der Waals surface area contributed by atoms with Crippen molar-refractivity contribution < 1.29 is 5.11 Å². The number of hydrogen-bond acceptors (Lipinski definition) is 4. The van der Waals surface area contributed by atoms with Crippen LogP contribution < -0.4 is 4.90 Å². The molecule has 1 atom stereocenters. The zero-order valence-corrected chi connectivity index (χ0v) is 15.1. The van der Waals surface area contributed by atoms with Crippen LogP contribution in [0.15, 0.2) is 48.9 Å². The summed E-state index contributed by atoms with van der Waals surface area (Å²) in [4.78, 5) is 14.3. The predicted octanol–water partition coefficient (Wildman–Crippen LogP) is 3.56. The van der Waals surface area contributed by atoms with E-state index >= 15 is 0 Å². The van der Waals surface area contributed by atoms with Gasteiger partial charge in [0.1, 0.15) is 17.8 Å². The van der Waals surface area contributed by atoms with E-state index in [4.69, 9.17) is 0 Å². The van der Waals surface area contributed by atoms with E-state index in [0.717, 1.165) is 62.0 Å². The highest BCUT2D eigenvalue weighted by molar-refractivity contribution is 5.87. The van der Waals surface area contributed by atoms with Gasteiger partial charge in [-0.05, 0) is 43.7 Å². The van der Waals surface area contributed by atoms with E-state index in [1.54, 1.807) is 6.33 Å². The van der Waals surface area contributed by atoms with Crippen molar-refractivity contribution in [1.82, 2.24) is 15.0 Å². The minimum atomic E-state index is -0.0411. The Morgan fingerprint density at radius 3 is 2.88 bits per heavy atom. The van der Waals surface area contributed by atoms with Crippen LogP contribution >= 0.6 is 0 Å². The second-order valence-electron chi connectivity index (χ2n) is 7.46. The molecule has 2 aromatic heterocycles. The van der Waals surface area contributed by atoms with Gasteiger partial charge in [-0.25, -0.2) is 9.97 Å². The number of piperidine rings is 1. The van der Waals surface area contributed by atoms with Crippen molar-refractivity contribution in [1.29, 1.82) is 0 Å². The molecule has 1 saturated heterocycles. The number of anilines is 1. The van der Waals surface area contributed by atoms with Crippen LogP contribution in [-0.2, 0) is 6.42 Å². The number of H-pyrrole nitrogens is 1. The number of aromatic amines is 1. The fourth-order valence-electron chi connectivity index (χ4n) is 4.22. The lowest BCUT2D eigenvalue weighted by molar-refractivity contribution is 0.0939. The fraction of sp³-hybridized carbons (Fsp3) is 0.429. The maximum Gasteiger partial charge on any atom is 0.142 e. The molecule has 3 aromatic rings. The Bertz CT molecular complexity index is 847. The zero-order chi connectivity index (χ0) is 17.8. The van der Waals surface area contributed by atoms with Gasteiger partial charge in [-0.1, -0.05) is 30.3 Å². The van der Waals surface area contributed by atoms with E-state index in [2.05, 4.69) is 50.2 Å². The Labute approximate surface area is 154 Å². The van der Waals surface area contributed by atoms with Crippen LogP contribution in [0.25, 0.3) is 11.0 Å². The van der Waals surface area contributed by atoms with Gasteiger partial charge in [-0.3, -0.25) is 0 Å². The number of aromatic nitrogens is 3. The smallest absolute Gasteiger partial charge is 0.142 e. The highest BCUT2D eigenvalue weighted by Gasteiger charge is 2.35. The molecular formula is C21H26N4O. The number of aryl methyl sites for hydroxylation is 1. The number of nitrogens with one attached hydrogen (secondary N) is 1. The molecule has 5 nitrogen and oxygen atoms in total. The SMILES string of the molecule is OC[C@]1(CCCc2ccccc2)CCCN(c2ncnc3[nH]ccc23)C1. The maximum absolute atomic E-state index is 10.2. The fourth-order valence-corrected chi connectivity index (χ4v) is 4.22. The first-order valence-electron chi connectivity index (χ1n) is 9.48. The van der Waals surface area contributed by atoms with Crippen molar-refractivity contribution in [2.75, 3.05) is 24.6 Å². The Morgan fingerprint density at radius 2 is 2.04 bits per heavy atom. The van der Waals surface area contributed by atoms with Crippen LogP contribution in [0.5, 0.6) is 0 Å². The number of rotatable bonds is 6. The Morgan fingerprint density at radius 1 is 1.15 bits per heavy atom. The molecule has 5 heteroatoms. The Hall–Kier alpha value is -2.40. The van der Waals surface area contributed by atoms with Gasteiger partial charge in [0.2, 0.25) is 0 Å². The molecule has 1 fully saturated rings. The number of nitrogens with zero attached hydrogens (tertiary/aromatic N) is 3. The first-order valence-corrected chi connectivity index (χ1v) is 9.48. The summed E-state index contributed by atoms with van der Waals surface area (Å²) in [6.07, 6.45) is 8.90. The normalized spacial score (nSPS) is 20.6. The quantitative estimate of drug-likeness (QED) is 0.713. The molecule has 2 N–H and O–H groups in total. The molecule has 26 heavy (non-hydrogen) atoms. The molecule has 3 heterocycles. The zero-order valence-electron chi connectivity index (χ0n) is 15.1. The monoisotopic (exact) mass is 350 g/mol. The van der Waals surface area contributed by atoms with Crippen molar-refractivity contribution in [3.63, 3.8) is 0 Å². The van der Waals surface area contributed by atoms with E-state index in [0.29, 0.717) is 0 Å². The molecule has 0 bridgehead atoms. The van der Waals surface area contributed by atoms with Crippen LogP contribution in [0.1, 0.15) is 31.2 Å². The summed E-state index contributed by atoms with van der Waals surface area (Å²) in [7, 11) is 0. The number of aliphatic hydroxyl groups excluding tert-OH is 1. The molecule has 0 aliphatic carbocycles. The van der Waals surface area contributed by atoms with Gasteiger partial charge in [-0.15, -0.1) is 0 Å². The minimum Gasteiger partial charge on any atom is -0.396 e. The summed E-state index contributed by atoms with van der Waals surface area (Å²) >= 11 is 0. The molecule has 136 valence electrons. The van der Waals surface area contributed by atoms with Crippen molar-refractivity contribution in [3.05, 3.63) is 54.5 Å². The van der Waals surface area contributed by atoms with Crippen molar-refractivity contribution in [2.24, 2.45) is 5.41 Å². The van der Waals surface area contributed by atoms with Gasteiger partial charge >= 0.3 is 0 Å². The van der Waals surface area contributed by atoms with Crippen molar-refractivity contribution in [3.8, 4) is 0 Å². The highest BCUT2D eigenvalue weighted by atomic mass is 16.3. The van der Waals surface area contributed by atoms with Gasteiger partial charge in [0, 0.05) is 24.7 Å². The van der Waals surface area contributed by atoms with Crippen molar-refractivity contribution in [2.45, 2.75) is 32.1 Å². The van der Waals surface area contributed by atoms with E-state index in [9.17, 15) is 5.11 Å². The molecule has 0 saturated carbocycles. The molecule has 1 aromatic carbocycles. The molecular weight excluding hydrogens is 324 g/mol. The number of aliphatic hydroxyl groups is 1. The second kappa shape index (κ2) is 7.46. The topological polar surface area (TPSA) is 65.0 Å². The summed E-state index contributed by atoms with van der Waals surface area (Å²) in [5, 5.41) is 11.3. The lowest BCUT2D eigenvalue weighted by Gasteiger charge is -2.42. The van der Waals surface area contributed by atoms with Crippen LogP contribution in [0.4, 0.5) is 5.82 Å². The summed E-state index contributed by atoms with van der Waals surface area (Å²) < 4.78 is 0. The summed E-state index contributed by atoms with van der Waals surface area (Å²) in [5.41, 5.74) is 2.21. The highest BCUT2D eigenvalue weighted by Crippen LogP contribution is 2.37. The molecule has 1 aliphatic heterocycles. The average Bonchev–Trinajstić information content (AvgIpc) is 3.18. The minimum absolute atomic E-state index is 0.0411. The average molecular weight is 350 g/mol. The van der Waals surface area contributed by atoms with E-state index < -0.39 is 0 Å². The Kier molecular flexibility index (Phi) is 4.89. The van der Waals surface area contributed by atoms with Crippen LogP contribution in [0.2, 0.25) is 0 Å². The first-order chi connectivity index (χ1) is 12.8. The van der Waals surface area contributed by atoms with Gasteiger partial charge in [0.05, 0.1) is 12.0 Å². The third-order valence-corrected chi connectivity index (χ3v) is 5.64. The van der Waals surface area contributed by atoms with Gasteiger partial charge in [0.25, 0.3) is 0 Å². The first kappa shape index (κ1) is 17.0. The van der Waals surface area contributed by atoms with Crippen LogP contribution in [0, 0.1) is 5.41 Å². The summed E-state index contributed by atoms with van der Waals surface area (Å²) in [5.74, 6) is 0.983. The van der Waals surface area contributed by atoms with E-state index in [1.807, 2.05) is 12.3 Å². The van der Waals surface area contributed by atoms with Gasteiger partial charge < -0.3 is 15.0 Å². The van der Waals surface area contributed by atoms with Crippen molar-refractivity contribution >= 4 is 16.9 Å². The summed E-state index contributed by atoms with van der Waals surface area (Å²) in [6.45, 7) is 2.08. The molecule has 1 aliphatic rings. The molecule has 4 rings (SSSR count). The molecule has 0 spiro atoms. The standard InChI is InChI=1S/C21H26N4O/c26-15-21(10-4-8-17-6-2-1-3-7-17)11-5-13-25(14-21)20-18-9-12-22-19(18)23-16-24-20/h1-3,6-7,9,12,16,26H,4-5,8,10-11,13-15H2,(H,22,23,24)/t21-/m1/s1. The third-order valence-electron chi connectivity index (χ3n) is 5.64. The number of benzene rings is 1. The van der Waals surface area contributed by atoms with Crippen LogP contribution in [0.3, 0.4) is 0 Å². The van der Waals surface area contributed by atoms with Gasteiger partial charge in [0.15, 0.2) is 0 Å². The van der Waals surface area contributed by atoms with Gasteiger partial charge in [-0.2, -0.15) is 0 Å². The maximum atomic E-state index is 10.2. The second-order valence-corrected chi connectivity index (χ2v) is 7.46. The molecule has 0 unspecified atom stereocenters. The predicted molar refractivity (Wildman–Crippen MR) is 104 cm³/mol. The number of fused-ring (bicyclic) bond motifs is 1. The van der Waals surface area contributed by atoms with Crippen LogP contribution in [-0.4, -0.2) is 39.8 Å². The lowest BCUT2D eigenvalue weighted by Crippen LogP contribution is -2.46. The Balaban J connectivity index is 1.47. The van der Waals surface area contributed by atoms with E-state index in [1.165, 1.54) is 5.56 Å².